The number of nitrogens with zero attached hydrogens (tertiary/aromatic N) is 5. The Morgan fingerprint density at radius 1 is 1.20 bits per heavy atom. The molecule has 2 aromatic heterocycles. The molecule has 2 unspecified atom stereocenters. The van der Waals surface area contributed by atoms with Crippen molar-refractivity contribution in [2.75, 3.05) is 26.7 Å². The zero-order valence-corrected chi connectivity index (χ0v) is 15.1. The zero-order chi connectivity index (χ0) is 17.1. The van der Waals surface area contributed by atoms with Crippen molar-refractivity contribution < 1.29 is 0 Å². The van der Waals surface area contributed by atoms with E-state index in [9.17, 15) is 0 Å². The van der Waals surface area contributed by atoms with Crippen LogP contribution in [0.1, 0.15) is 37.9 Å². The van der Waals surface area contributed by atoms with E-state index in [1.807, 2.05) is 31.4 Å². The lowest BCUT2D eigenvalue weighted by atomic mass is 9.82. The molecule has 6 heteroatoms. The fourth-order valence-electron chi connectivity index (χ4n) is 4.42. The minimum Gasteiger partial charge on any atom is -0.356 e. The first-order valence-electron chi connectivity index (χ1n) is 9.59. The summed E-state index contributed by atoms with van der Waals surface area (Å²) >= 11 is 0. The van der Waals surface area contributed by atoms with Crippen LogP contribution in [0.25, 0.3) is 5.65 Å². The number of aliphatic imine (C=N–C) groups is 1. The molecule has 1 aliphatic carbocycles. The number of fused-ring (bicyclic) bond motifs is 2. The lowest BCUT2D eigenvalue weighted by Gasteiger charge is -2.22. The second kappa shape index (κ2) is 7.42. The van der Waals surface area contributed by atoms with Crippen LogP contribution in [0.3, 0.4) is 0 Å². The summed E-state index contributed by atoms with van der Waals surface area (Å²) < 4.78 is 2.07. The van der Waals surface area contributed by atoms with Gasteiger partial charge in [-0.1, -0.05) is 18.9 Å². The molecule has 0 spiro atoms. The Balaban J connectivity index is 1.27. The highest BCUT2D eigenvalue weighted by molar-refractivity contribution is 5.80. The van der Waals surface area contributed by atoms with Crippen molar-refractivity contribution in [3.05, 3.63) is 30.2 Å². The summed E-state index contributed by atoms with van der Waals surface area (Å²) in [5.41, 5.74) is 0.918. The summed E-state index contributed by atoms with van der Waals surface area (Å²) in [5, 5.41) is 12.1. The number of pyridine rings is 1. The largest absolute Gasteiger partial charge is 0.356 e. The molecule has 2 fully saturated rings. The maximum absolute atomic E-state index is 4.51. The van der Waals surface area contributed by atoms with E-state index in [1.165, 1.54) is 38.8 Å². The lowest BCUT2D eigenvalue weighted by molar-refractivity contribution is 0.299. The first-order valence-corrected chi connectivity index (χ1v) is 9.59. The van der Waals surface area contributed by atoms with Gasteiger partial charge in [0.25, 0.3) is 0 Å². The predicted octanol–water partition coefficient (Wildman–Crippen LogP) is 2.36. The van der Waals surface area contributed by atoms with Gasteiger partial charge < -0.3 is 10.2 Å². The van der Waals surface area contributed by atoms with Gasteiger partial charge in [-0.2, -0.15) is 0 Å². The zero-order valence-electron chi connectivity index (χ0n) is 15.1. The summed E-state index contributed by atoms with van der Waals surface area (Å²) in [6.45, 7) is 3.28. The summed E-state index contributed by atoms with van der Waals surface area (Å²) in [6, 6.07) is 6.00. The van der Waals surface area contributed by atoms with Crippen LogP contribution >= 0.6 is 0 Å². The van der Waals surface area contributed by atoms with Gasteiger partial charge in [0.2, 0.25) is 0 Å². The minimum absolute atomic E-state index is 0.884. The molecule has 1 saturated carbocycles. The Hall–Kier alpha value is -2.11. The molecule has 2 atom stereocenters. The van der Waals surface area contributed by atoms with Gasteiger partial charge >= 0.3 is 0 Å². The third kappa shape index (κ3) is 3.48. The van der Waals surface area contributed by atoms with Crippen molar-refractivity contribution in [3.63, 3.8) is 0 Å². The van der Waals surface area contributed by atoms with Gasteiger partial charge in [-0.3, -0.25) is 9.39 Å². The van der Waals surface area contributed by atoms with Crippen molar-refractivity contribution in [3.8, 4) is 0 Å². The van der Waals surface area contributed by atoms with Crippen molar-refractivity contribution >= 4 is 11.6 Å². The van der Waals surface area contributed by atoms with E-state index >= 15 is 0 Å². The van der Waals surface area contributed by atoms with Crippen molar-refractivity contribution in [2.45, 2.75) is 38.5 Å². The maximum atomic E-state index is 4.51. The Morgan fingerprint density at radius 2 is 2.00 bits per heavy atom. The fourth-order valence-corrected chi connectivity index (χ4v) is 4.42. The molecule has 0 bridgehead atoms. The average Bonchev–Trinajstić information content (AvgIpc) is 3.26. The average molecular weight is 340 g/mol. The molecule has 0 amide bonds. The van der Waals surface area contributed by atoms with E-state index in [0.717, 1.165) is 48.7 Å². The highest BCUT2D eigenvalue weighted by atomic mass is 15.3. The molecule has 25 heavy (non-hydrogen) atoms. The van der Waals surface area contributed by atoms with E-state index < -0.39 is 0 Å². The molecular formula is C19H28N6. The van der Waals surface area contributed by atoms with Gasteiger partial charge in [0.1, 0.15) is 5.82 Å². The predicted molar refractivity (Wildman–Crippen MR) is 99.7 cm³/mol. The number of likely N-dealkylation sites (tertiary alicyclic amines) is 1. The molecule has 1 N–H and O–H groups in total. The van der Waals surface area contributed by atoms with Gasteiger partial charge in [0, 0.05) is 39.3 Å². The molecule has 1 saturated heterocycles. The van der Waals surface area contributed by atoms with Gasteiger partial charge in [0.05, 0.1) is 0 Å². The monoisotopic (exact) mass is 340 g/mol. The highest BCUT2D eigenvalue weighted by Gasteiger charge is 2.35. The quantitative estimate of drug-likeness (QED) is 0.527. The molecular weight excluding hydrogens is 312 g/mol. The first-order chi connectivity index (χ1) is 12.3. The smallest absolute Gasteiger partial charge is 0.193 e. The molecule has 134 valence electrons. The minimum atomic E-state index is 0.884. The summed E-state index contributed by atoms with van der Waals surface area (Å²) in [4.78, 5) is 6.98. The normalized spacial score (nSPS) is 23.9. The number of nitrogens with one attached hydrogen (secondary N) is 1. The number of hydrogen-bond acceptors (Lipinski definition) is 3. The summed E-state index contributed by atoms with van der Waals surface area (Å²) in [6.07, 6.45) is 9.59. The topological polar surface area (TPSA) is 57.8 Å². The highest BCUT2D eigenvalue weighted by Crippen LogP contribution is 2.35. The van der Waals surface area contributed by atoms with Gasteiger partial charge in [-0.25, -0.2) is 0 Å². The van der Waals surface area contributed by atoms with E-state index in [0.29, 0.717) is 0 Å². The number of guanidine groups is 1. The van der Waals surface area contributed by atoms with Crippen LogP contribution in [-0.4, -0.2) is 52.1 Å². The van der Waals surface area contributed by atoms with E-state index in [4.69, 9.17) is 0 Å². The van der Waals surface area contributed by atoms with Crippen molar-refractivity contribution in [1.82, 2.24) is 24.8 Å². The molecule has 2 aliphatic rings. The number of aromatic nitrogens is 3. The van der Waals surface area contributed by atoms with Crippen LogP contribution in [0.5, 0.6) is 0 Å². The Bertz CT molecular complexity index is 722. The molecule has 2 aromatic rings. The number of hydrogen-bond donors (Lipinski definition) is 1. The molecule has 0 radical (unpaired) electrons. The molecule has 3 heterocycles. The molecule has 1 aliphatic heterocycles. The molecule has 6 nitrogen and oxygen atoms in total. The van der Waals surface area contributed by atoms with Gasteiger partial charge in [-0.05, 0) is 43.2 Å². The van der Waals surface area contributed by atoms with Crippen LogP contribution in [0.2, 0.25) is 0 Å². The van der Waals surface area contributed by atoms with Gasteiger partial charge in [0.15, 0.2) is 11.6 Å². The van der Waals surface area contributed by atoms with Crippen molar-refractivity contribution in [1.29, 1.82) is 0 Å². The lowest BCUT2D eigenvalue weighted by Crippen LogP contribution is -2.40. The third-order valence-electron chi connectivity index (χ3n) is 5.73. The Labute approximate surface area is 149 Å². The van der Waals surface area contributed by atoms with Crippen LogP contribution in [-0.2, 0) is 6.42 Å². The standard InChI is InChI=1S/C19H28N6/c1-20-19(24-13-15-7-2-3-8-16(15)14-24)21-11-6-10-18-23-22-17-9-4-5-12-25(17)18/h4-5,9,12,15-16H,2-3,6-8,10-11,13-14H2,1H3,(H,20,21). The van der Waals surface area contributed by atoms with E-state index in [2.05, 4.69) is 29.8 Å². The van der Waals surface area contributed by atoms with Crippen molar-refractivity contribution in [2.24, 2.45) is 16.8 Å². The van der Waals surface area contributed by atoms with E-state index in [-0.39, 0.29) is 0 Å². The number of aryl methyl sites for hydroxylation is 1. The van der Waals surface area contributed by atoms with Crippen LogP contribution < -0.4 is 5.32 Å². The fraction of sp³-hybridized carbons (Fsp3) is 0.632. The van der Waals surface area contributed by atoms with Crippen LogP contribution in [0, 0.1) is 11.8 Å². The molecule has 4 rings (SSSR count). The van der Waals surface area contributed by atoms with Gasteiger partial charge in [-0.15, -0.1) is 10.2 Å². The number of rotatable bonds is 4. The Morgan fingerprint density at radius 3 is 2.76 bits per heavy atom. The third-order valence-corrected chi connectivity index (χ3v) is 5.73. The summed E-state index contributed by atoms with van der Waals surface area (Å²) in [7, 11) is 1.90. The second-order valence-corrected chi connectivity index (χ2v) is 7.33. The van der Waals surface area contributed by atoms with E-state index in [1.54, 1.807) is 0 Å². The molecule has 0 aromatic carbocycles. The van der Waals surface area contributed by atoms with Crippen LogP contribution in [0.4, 0.5) is 0 Å². The van der Waals surface area contributed by atoms with Crippen LogP contribution in [0.15, 0.2) is 29.4 Å². The maximum Gasteiger partial charge on any atom is 0.193 e. The second-order valence-electron chi connectivity index (χ2n) is 7.33. The summed E-state index contributed by atoms with van der Waals surface area (Å²) in [5.74, 6) is 3.87. The SMILES string of the molecule is CN=C(NCCCc1nnc2ccccn12)N1CC2CCCCC2C1. The Kier molecular flexibility index (Phi) is 4.85. The first kappa shape index (κ1) is 16.4.